The summed E-state index contributed by atoms with van der Waals surface area (Å²) in [4.78, 5) is 46.2. The highest BCUT2D eigenvalue weighted by Gasteiger charge is 2.37. The van der Waals surface area contributed by atoms with E-state index in [2.05, 4.69) is 20.4 Å². The number of hydrogen-bond donors (Lipinski definition) is 3. The molecule has 13 heteroatoms. The van der Waals surface area contributed by atoms with Crippen LogP contribution in [0.25, 0.3) is 0 Å². The lowest BCUT2D eigenvalue weighted by Crippen LogP contribution is -2.42. The molecule has 3 N–H and O–H groups in total. The van der Waals surface area contributed by atoms with Crippen LogP contribution in [0.15, 0.2) is 27.4 Å². The Morgan fingerprint density at radius 3 is 3.00 bits per heavy atom. The molecule has 0 radical (unpaired) electrons. The minimum absolute atomic E-state index is 0.0592. The first-order valence-corrected chi connectivity index (χ1v) is 10.2. The average Bonchev–Trinajstić information content (AvgIpc) is 3.45. The van der Waals surface area contributed by atoms with Gasteiger partial charge in [-0.1, -0.05) is 5.16 Å². The number of imide groups is 1. The van der Waals surface area contributed by atoms with E-state index in [4.69, 9.17) is 9.94 Å². The van der Waals surface area contributed by atoms with Crippen molar-refractivity contribution in [1.82, 2.24) is 15.2 Å². The van der Waals surface area contributed by atoms with Crippen molar-refractivity contribution in [1.29, 1.82) is 0 Å². The molecule has 0 spiro atoms. The second-order valence-corrected chi connectivity index (χ2v) is 7.83. The van der Waals surface area contributed by atoms with Crippen LogP contribution in [0.1, 0.15) is 15.5 Å². The summed E-state index contributed by atoms with van der Waals surface area (Å²) in [7, 11) is 1.42. The van der Waals surface area contributed by atoms with Crippen LogP contribution in [0.3, 0.4) is 0 Å². The molecule has 3 heterocycles. The number of aliphatic imine (C=N–C) groups is 1. The highest BCUT2D eigenvalue weighted by Crippen LogP contribution is 2.24. The van der Waals surface area contributed by atoms with E-state index < -0.39 is 36.4 Å². The van der Waals surface area contributed by atoms with Crippen LogP contribution >= 0.6 is 23.1 Å². The summed E-state index contributed by atoms with van der Waals surface area (Å²) >= 11 is 2.34. The van der Waals surface area contributed by atoms with Gasteiger partial charge in [-0.05, 0) is 0 Å². The van der Waals surface area contributed by atoms with Crippen molar-refractivity contribution in [2.75, 3.05) is 26.0 Å². The minimum atomic E-state index is -0.816. The van der Waals surface area contributed by atoms with E-state index in [1.807, 2.05) is 0 Å². The molecule has 154 valence electrons. The Morgan fingerprint density at radius 2 is 2.34 bits per heavy atom. The number of carbonyl (C=O) groups excluding carboxylic acids is 3. The highest BCUT2D eigenvalue weighted by atomic mass is 32.2. The van der Waals surface area contributed by atoms with Gasteiger partial charge in [0.25, 0.3) is 17.7 Å². The fourth-order valence-electron chi connectivity index (χ4n) is 2.61. The number of nitrogens with zero attached hydrogens (tertiary/aromatic N) is 4. The third-order valence-electron chi connectivity index (χ3n) is 4.06. The topological polar surface area (TPSA) is 154 Å². The molecule has 1 aromatic rings. The average molecular weight is 439 g/mol. The number of aromatic nitrogens is 1. The number of carbonyl (C=O) groups is 3. The number of ether oxygens (including phenoxy) is 1. The Bertz CT molecular complexity index is 911. The number of thioether (sulfide) groups is 1. The molecule has 2 aliphatic heterocycles. The Morgan fingerprint density at radius 1 is 1.55 bits per heavy atom. The summed E-state index contributed by atoms with van der Waals surface area (Å²) < 4.78 is 5.00. The van der Waals surface area contributed by atoms with E-state index >= 15 is 0 Å². The molecule has 2 atom stereocenters. The summed E-state index contributed by atoms with van der Waals surface area (Å²) in [6.07, 6.45) is 2.35. The quantitative estimate of drug-likeness (QED) is 0.221. The van der Waals surface area contributed by atoms with Crippen molar-refractivity contribution >= 4 is 52.1 Å². The van der Waals surface area contributed by atoms with E-state index in [9.17, 15) is 19.5 Å². The maximum atomic E-state index is 12.6. The molecule has 3 rings (SSSR count). The Balaban J connectivity index is 1.65. The molecule has 11 nitrogen and oxygen atoms in total. The van der Waals surface area contributed by atoms with Crippen molar-refractivity contribution in [3.63, 3.8) is 0 Å². The summed E-state index contributed by atoms with van der Waals surface area (Å²) in [5.74, 6) is -0.776. The number of hydrogen-bond acceptors (Lipinski definition) is 11. The first-order valence-electron chi connectivity index (χ1n) is 8.32. The largest absolute Gasteiger partial charge is 0.499 e. The van der Waals surface area contributed by atoms with Crippen molar-refractivity contribution in [3.05, 3.63) is 27.9 Å². The number of aliphatic hydroxyl groups is 1. The molecular formula is C16H17N5O6S2. The minimum Gasteiger partial charge on any atom is -0.499 e. The highest BCUT2D eigenvalue weighted by molar-refractivity contribution is 8.14. The van der Waals surface area contributed by atoms with E-state index in [-0.39, 0.29) is 12.2 Å². The van der Waals surface area contributed by atoms with E-state index in [0.717, 1.165) is 22.5 Å². The van der Waals surface area contributed by atoms with Gasteiger partial charge in [0.15, 0.2) is 0 Å². The monoisotopic (exact) mass is 439 g/mol. The van der Waals surface area contributed by atoms with Crippen molar-refractivity contribution < 1.29 is 29.4 Å². The first kappa shape index (κ1) is 21.0. The lowest BCUT2D eigenvalue weighted by atomic mass is 10.2. The number of rotatable bonds is 7. The normalized spacial score (nSPS) is 20.0. The predicted octanol–water partition coefficient (Wildman–Crippen LogP) is -0.545. The van der Waals surface area contributed by atoms with Crippen LogP contribution < -0.4 is 5.32 Å². The molecular weight excluding hydrogens is 422 g/mol. The molecule has 3 amide bonds. The molecule has 0 aromatic carbocycles. The standard InChI is InChI=1S/C16H17N5O6S2/c1-27-8-2-13(23)21(4-8)16(25)11-7-29-15(20-11)9(5-22)19-14(24)10-6-28-12(18-10)3-17-26/h2-3,6,9,11,22,26H,4-5,7H2,1H3,(H,19,24)/b17-3+/t9-,11+/m0/s1. The summed E-state index contributed by atoms with van der Waals surface area (Å²) in [5, 5.41) is 25.8. The van der Waals surface area contributed by atoms with Gasteiger partial charge >= 0.3 is 0 Å². The fourth-order valence-corrected chi connectivity index (χ4v) is 4.35. The van der Waals surface area contributed by atoms with Crippen LogP contribution in [0.5, 0.6) is 0 Å². The van der Waals surface area contributed by atoms with Gasteiger partial charge in [-0.15, -0.1) is 23.1 Å². The second-order valence-electron chi connectivity index (χ2n) is 5.90. The number of thiazole rings is 1. The van der Waals surface area contributed by atoms with Crippen molar-refractivity contribution in [3.8, 4) is 0 Å². The van der Waals surface area contributed by atoms with E-state index in [1.165, 1.54) is 30.3 Å². The lowest BCUT2D eigenvalue weighted by molar-refractivity contribution is -0.141. The Labute approximate surface area is 173 Å². The first-order chi connectivity index (χ1) is 14.0. The molecule has 0 bridgehead atoms. The van der Waals surface area contributed by atoms with Gasteiger partial charge in [0, 0.05) is 17.2 Å². The zero-order valence-electron chi connectivity index (χ0n) is 15.1. The smallest absolute Gasteiger partial charge is 0.271 e. The molecule has 0 saturated heterocycles. The number of methoxy groups -OCH3 is 1. The fraction of sp³-hybridized carbons (Fsp3) is 0.375. The van der Waals surface area contributed by atoms with Gasteiger partial charge < -0.3 is 20.4 Å². The van der Waals surface area contributed by atoms with E-state index in [0.29, 0.717) is 21.6 Å². The van der Waals surface area contributed by atoms with Crippen LogP contribution in [0, 0.1) is 0 Å². The van der Waals surface area contributed by atoms with Gasteiger partial charge in [-0.25, -0.2) is 4.98 Å². The molecule has 1 aromatic heterocycles. The summed E-state index contributed by atoms with van der Waals surface area (Å²) in [5.41, 5.74) is 0.0976. The third kappa shape index (κ3) is 4.63. The Kier molecular flexibility index (Phi) is 6.61. The SMILES string of the molecule is COC1=CC(=O)N(C(=O)[C@H]2CSC([C@H](CO)NC(=O)c3csc(/C=N/O)n3)=N2)C1. The third-order valence-corrected chi connectivity index (χ3v) is 6.01. The number of aliphatic hydroxyl groups excluding tert-OH is 1. The predicted molar refractivity (Wildman–Crippen MR) is 105 cm³/mol. The Hall–Kier alpha value is -2.77. The van der Waals surface area contributed by atoms with Crippen LogP contribution in [-0.4, -0.2) is 87.3 Å². The molecule has 0 unspecified atom stereocenters. The van der Waals surface area contributed by atoms with Crippen molar-refractivity contribution in [2.45, 2.75) is 12.1 Å². The van der Waals surface area contributed by atoms with Gasteiger partial charge in [-0.3, -0.25) is 24.3 Å². The summed E-state index contributed by atoms with van der Waals surface area (Å²) in [6, 6.07) is -1.61. The van der Waals surface area contributed by atoms with Crippen molar-refractivity contribution in [2.24, 2.45) is 10.1 Å². The van der Waals surface area contributed by atoms with Gasteiger partial charge in [0.2, 0.25) is 0 Å². The van der Waals surface area contributed by atoms with Crippen LogP contribution in [0.4, 0.5) is 0 Å². The zero-order valence-corrected chi connectivity index (χ0v) is 16.8. The lowest BCUT2D eigenvalue weighted by Gasteiger charge is -2.17. The van der Waals surface area contributed by atoms with Gasteiger partial charge in [-0.2, -0.15) is 0 Å². The molecule has 0 saturated carbocycles. The molecule has 0 fully saturated rings. The summed E-state index contributed by atoms with van der Waals surface area (Å²) in [6.45, 7) is -0.366. The second kappa shape index (κ2) is 9.15. The molecule has 0 aliphatic carbocycles. The zero-order chi connectivity index (χ0) is 21.0. The maximum Gasteiger partial charge on any atom is 0.271 e. The van der Waals surface area contributed by atoms with Gasteiger partial charge in [0.05, 0.1) is 25.3 Å². The number of oxime groups is 1. The maximum absolute atomic E-state index is 12.6. The van der Waals surface area contributed by atoms with Crippen LogP contribution in [-0.2, 0) is 14.3 Å². The molecule has 2 aliphatic rings. The van der Waals surface area contributed by atoms with Crippen LogP contribution in [0.2, 0.25) is 0 Å². The number of amides is 3. The molecule has 29 heavy (non-hydrogen) atoms. The van der Waals surface area contributed by atoms with E-state index in [1.54, 1.807) is 0 Å². The van der Waals surface area contributed by atoms with Gasteiger partial charge in [0.1, 0.15) is 34.8 Å². The number of nitrogens with one attached hydrogen (secondary N) is 1.